The van der Waals surface area contributed by atoms with Crippen LogP contribution in [0.15, 0.2) is 0 Å². The molecule has 12 heavy (non-hydrogen) atoms. The van der Waals surface area contributed by atoms with Crippen LogP contribution in [-0.2, 0) is 4.74 Å². The highest BCUT2D eigenvalue weighted by atomic mass is 16.5. The van der Waals surface area contributed by atoms with E-state index in [2.05, 4.69) is 12.2 Å². The molecular formula is C9H19NO2. The van der Waals surface area contributed by atoms with Crippen LogP contribution in [0.2, 0.25) is 0 Å². The van der Waals surface area contributed by atoms with E-state index >= 15 is 0 Å². The van der Waals surface area contributed by atoms with Gasteiger partial charge >= 0.3 is 0 Å². The molecule has 0 aromatic heterocycles. The van der Waals surface area contributed by atoms with Gasteiger partial charge in [0.05, 0.1) is 6.61 Å². The molecule has 0 radical (unpaired) electrons. The number of hydrogen-bond acceptors (Lipinski definition) is 3. The predicted octanol–water partition coefficient (Wildman–Crippen LogP) is 0.527. The van der Waals surface area contributed by atoms with Crippen LogP contribution < -0.4 is 5.32 Å². The molecule has 1 aliphatic heterocycles. The fraction of sp³-hybridized carbons (Fsp3) is 1.00. The molecular weight excluding hydrogens is 154 g/mol. The summed E-state index contributed by atoms with van der Waals surface area (Å²) in [5.41, 5.74) is -0.590. The zero-order valence-electron chi connectivity index (χ0n) is 7.81. The van der Waals surface area contributed by atoms with E-state index in [4.69, 9.17) is 4.74 Å². The van der Waals surface area contributed by atoms with E-state index in [1.54, 1.807) is 0 Å². The molecule has 0 aromatic carbocycles. The zero-order valence-corrected chi connectivity index (χ0v) is 7.81. The molecule has 0 amide bonds. The molecule has 0 saturated carbocycles. The van der Waals surface area contributed by atoms with Gasteiger partial charge in [0, 0.05) is 19.6 Å². The van der Waals surface area contributed by atoms with Crippen LogP contribution in [0.1, 0.15) is 26.2 Å². The van der Waals surface area contributed by atoms with Gasteiger partial charge in [-0.15, -0.1) is 0 Å². The Labute approximate surface area is 74.1 Å². The average molecular weight is 173 g/mol. The minimum absolute atomic E-state index is 0.492. The highest BCUT2D eigenvalue weighted by Crippen LogP contribution is 2.16. The average Bonchev–Trinajstić information content (AvgIpc) is 2.47. The second kappa shape index (κ2) is 4.80. The van der Waals surface area contributed by atoms with Gasteiger partial charge in [-0.3, -0.25) is 0 Å². The molecule has 72 valence electrons. The van der Waals surface area contributed by atoms with Crippen LogP contribution in [0.4, 0.5) is 0 Å². The van der Waals surface area contributed by atoms with Crippen LogP contribution in [0.25, 0.3) is 0 Å². The lowest BCUT2D eigenvalue weighted by molar-refractivity contribution is 0.0272. The van der Waals surface area contributed by atoms with Crippen molar-refractivity contribution in [3.05, 3.63) is 0 Å². The number of hydrogen-bond donors (Lipinski definition) is 2. The summed E-state index contributed by atoms with van der Waals surface area (Å²) in [7, 11) is 0. The molecule has 1 unspecified atom stereocenters. The molecule has 0 aromatic rings. The van der Waals surface area contributed by atoms with Crippen molar-refractivity contribution in [1.82, 2.24) is 5.32 Å². The Morgan fingerprint density at radius 1 is 1.58 bits per heavy atom. The van der Waals surface area contributed by atoms with Gasteiger partial charge in [0.15, 0.2) is 0 Å². The highest BCUT2D eigenvalue weighted by Gasteiger charge is 2.31. The summed E-state index contributed by atoms with van der Waals surface area (Å²) in [5, 5.41) is 13.0. The second-order valence-electron chi connectivity index (χ2n) is 3.56. The molecule has 0 bridgehead atoms. The quantitative estimate of drug-likeness (QED) is 0.596. The summed E-state index contributed by atoms with van der Waals surface area (Å²) in [6.07, 6.45) is 3.14. The first-order valence-corrected chi connectivity index (χ1v) is 4.78. The van der Waals surface area contributed by atoms with Gasteiger partial charge in [-0.1, -0.05) is 13.3 Å². The zero-order chi connectivity index (χ0) is 8.86. The van der Waals surface area contributed by atoms with E-state index in [0.29, 0.717) is 19.8 Å². The van der Waals surface area contributed by atoms with Gasteiger partial charge in [0.25, 0.3) is 0 Å². The van der Waals surface area contributed by atoms with Crippen molar-refractivity contribution in [2.45, 2.75) is 31.8 Å². The third-order valence-corrected chi connectivity index (χ3v) is 2.24. The van der Waals surface area contributed by atoms with E-state index < -0.39 is 5.60 Å². The van der Waals surface area contributed by atoms with Crippen LogP contribution in [0, 0.1) is 0 Å². The predicted molar refractivity (Wildman–Crippen MR) is 48.2 cm³/mol. The number of rotatable bonds is 5. The standard InChI is InChI=1S/C9H19NO2/c1-2-3-5-10-7-9(11)4-6-12-8-9/h10-11H,2-8H2,1H3. The van der Waals surface area contributed by atoms with Crippen LogP contribution in [0.5, 0.6) is 0 Å². The van der Waals surface area contributed by atoms with Gasteiger partial charge in [0.1, 0.15) is 5.60 Å². The SMILES string of the molecule is CCCCNCC1(O)CCOC1. The van der Waals surface area contributed by atoms with E-state index in [1.807, 2.05) is 0 Å². The summed E-state index contributed by atoms with van der Waals surface area (Å²) < 4.78 is 5.13. The van der Waals surface area contributed by atoms with Crippen LogP contribution >= 0.6 is 0 Å². The smallest absolute Gasteiger partial charge is 0.102 e. The van der Waals surface area contributed by atoms with E-state index in [-0.39, 0.29) is 0 Å². The fourth-order valence-corrected chi connectivity index (χ4v) is 1.36. The largest absolute Gasteiger partial charge is 0.386 e. The lowest BCUT2D eigenvalue weighted by atomic mass is 10.0. The van der Waals surface area contributed by atoms with Crippen molar-refractivity contribution in [3.63, 3.8) is 0 Å². The molecule has 1 heterocycles. The number of nitrogens with one attached hydrogen (secondary N) is 1. The summed E-state index contributed by atoms with van der Waals surface area (Å²) in [4.78, 5) is 0. The Kier molecular flexibility index (Phi) is 3.98. The Morgan fingerprint density at radius 2 is 2.42 bits per heavy atom. The van der Waals surface area contributed by atoms with E-state index in [0.717, 1.165) is 13.0 Å². The number of ether oxygens (including phenoxy) is 1. The lowest BCUT2D eigenvalue weighted by Crippen LogP contribution is -2.41. The maximum atomic E-state index is 9.80. The highest BCUT2D eigenvalue weighted by molar-refractivity contribution is 4.84. The van der Waals surface area contributed by atoms with Gasteiger partial charge in [-0.2, -0.15) is 0 Å². The summed E-state index contributed by atoms with van der Waals surface area (Å²) in [6.45, 7) is 5.03. The Hall–Kier alpha value is -0.120. The first kappa shape index (κ1) is 9.96. The lowest BCUT2D eigenvalue weighted by Gasteiger charge is -2.20. The van der Waals surface area contributed by atoms with Crippen molar-refractivity contribution >= 4 is 0 Å². The van der Waals surface area contributed by atoms with Gasteiger partial charge < -0.3 is 15.2 Å². The molecule has 2 N–H and O–H groups in total. The van der Waals surface area contributed by atoms with Crippen molar-refractivity contribution in [3.8, 4) is 0 Å². The maximum absolute atomic E-state index is 9.80. The summed E-state index contributed by atoms with van der Waals surface area (Å²) >= 11 is 0. The molecule has 0 aliphatic carbocycles. The van der Waals surface area contributed by atoms with Gasteiger partial charge in [0.2, 0.25) is 0 Å². The number of unbranched alkanes of at least 4 members (excludes halogenated alkanes) is 1. The monoisotopic (exact) mass is 173 g/mol. The molecule has 1 aliphatic rings. The minimum atomic E-state index is -0.590. The molecule has 1 fully saturated rings. The normalized spacial score (nSPS) is 29.5. The first-order valence-electron chi connectivity index (χ1n) is 4.78. The maximum Gasteiger partial charge on any atom is 0.102 e. The Bertz CT molecular complexity index is 122. The first-order chi connectivity index (χ1) is 5.77. The van der Waals surface area contributed by atoms with Crippen LogP contribution in [-0.4, -0.2) is 37.0 Å². The summed E-state index contributed by atoms with van der Waals surface area (Å²) in [6, 6.07) is 0. The molecule has 1 saturated heterocycles. The topological polar surface area (TPSA) is 41.5 Å². The fourth-order valence-electron chi connectivity index (χ4n) is 1.36. The Morgan fingerprint density at radius 3 is 3.00 bits per heavy atom. The van der Waals surface area contributed by atoms with E-state index in [1.165, 1.54) is 12.8 Å². The van der Waals surface area contributed by atoms with Gasteiger partial charge in [-0.05, 0) is 13.0 Å². The van der Waals surface area contributed by atoms with Crippen molar-refractivity contribution < 1.29 is 9.84 Å². The van der Waals surface area contributed by atoms with Crippen molar-refractivity contribution in [2.75, 3.05) is 26.3 Å². The van der Waals surface area contributed by atoms with Crippen LogP contribution in [0.3, 0.4) is 0 Å². The van der Waals surface area contributed by atoms with E-state index in [9.17, 15) is 5.11 Å². The Balaban J connectivity index is 2.05. The molecule has 0 spiro atoms. The molecule has 1 atom stereocenters. The van der Waals surface area contributed by atoms with Crippen molar-refractivity contribution in [1.29, 1.82) is 0 Å². The van der Waals surface area contributed by atoms with Crippen molar-refractivity contribution in [2.24, 2.45) is 0 Å². The number of aliphatic hydroxyl groups is 1. The van der Waals surface area contributed by atoms with Gasteiger partial charge in [-0.25, -0.2) is 0 Å². The third kappa shape index (κ3) is 3.09. The molecule has 3 heteroatoms. The second-order valence-corrected chi connectivity index (χ2v) is 3.56. The molecule has 1 rings (SSSR count). The minimum Gasteiger partial charge on any atom is -0.386 e. The molecule has 3 nitrogen and oxygen atoms in total. The third-order valence-electron chi connectivity index (χ3n) is 2.24. The summed E-state index contributed by atoms with van der Waals surface area (Å²) in [5.74, 6) is 0.